The van der Waals surface area contributed by atoms with Gasteiger partial charge < -0.3 is 28.8 Å². The molecule has 8 nitrogen and oxygen atoms in total. The van der Waals surface area contributed by atoms with Gasteiger partial charge in [0.1, 0.15) is 12.2 Å². The average molecular weight is 531 g/mol. The molecule has 202 valence electrons. The predicted molar refractivity (Wildman–Crippen MR) is 140 cm³/mol. The fraction of sp³-hybridized carbons (Fsp3) is 0.500. The molecule has 0 aliphatic carbocycles. The van der Waals surface area contributed by atoms with Crippen molar-refractivity contribution in [2.45, 2.75) is 76.5 Å². The van der Waals surface area contributed by atoms with Gasteiger partial charge in [-0.1, -0.05) is 64.1 Å². The summed E-state index contributed by atoms with van der Waals surface area (Å²) in [6, 6.07) is 16.7. The molecule has 0 bridgehead atoms. The molecule has 0 saturated carbocycles. The normalized spacial score (nSPS) is 24.5. The van der Waals surface area contributed by atoms with Crippen molar-refractivity contribution < 1.29 is 38.4 Å². The zero-order chi connectivity index (χ0) is 27.4. The van der Waals surface area contributed by atoms with E-state index < -0.39 is 57.6 Å². The molecule has 0 amide bonds. The van der Waals surface area contributed by atoms with E-state index >= 15 is 0 Å². The van der Waals surface area contributed by atoms with Crippen LogP contribution in [0.25, 0.3) is 0 Å². The lowest BCUT2D eigenvalue weighted by Crippen LogP contribution is -2.64. The smallest absolute Gasteiger partial charge is 0.338 e. The average Bonchev–Trinajstić information content (AvgIpc) is 2.88. The highest BCUT2D eigenvalue weighted by atomic mass is 28.4. The molecule has 37 heavy (non-hydrogen) atoms. The molecule has 2 aromatic rings. The summed E-state index contributed by atoms with van der Waals surface area (Å²) in [5.41, 5.74) is 0.551. The first-order chi connectivity index (χ1) is 17.4. The minimum atomic E-state index is -2.57. The van der Waals surface area contributed by atoms with Crippen molar-refractivity contribution in [3.8, 4) is 0 Å². The number of hydrogen-bond donors (Lipinski definition) is 2. The van der Waals surface area contributed by atoms with Gasteiger partial charge in [0.15, 0.2) is 26.8 Å². The first-order valence-corrected chi connectivity index (χ1v) is 15.4. The molecule has 1 aliphatic heterocycles. The molecule has 0 radical (unpaired) electrons. The van der Waals surface area contributed by atoms with Crippen molar-refractivity contribution in [3.05, 3.63) is 71.8 Å². The van der Waals surface area contributed by atoms with Crippen LogP contribution < -0.4 is 0 Å². The van der Waals surface area contributed by atoms with Gasteiger partial charge in [-0.2, -0.15) is 0 Å². The first-order valence-electron chi connectivity index (χ1n) is 12.5. The molecule has 0 spiro atoms. The Morgan fingerprint density at radius 3 is 1.81 bits per heavy atom. The van der Waals surface area contributed by atoms with Gasteiger partial charge in [0.25, 0.3) is 0 Å². The topological polar surface area (TPSA) is 112 Å². The molecule has 1 saturated heterocycles. The Balaban J connectivity index is 1.99. The molecule has 1 aliphatic rings. The van der Waals surface area contributed by atoms with Crippen LogP contribution in [0, 0.1) is 5.92 Å². The Hall–Kier alpha value is -2.56. The number of aliphatic hydroxyl groups is 2. The zero-order valence-electron chi connectivity index (χ0n) is 22.3. The maximum atomic E-state index is 13.1. The van der Waals surface area contributed by atoms with E-state index in [9.17, 15) is 19.8 Å². The van der Waals surface area contributed by atoms with Gasteiger partial charge in [0, 0.05) is 0 Å². The van der Waals surface area contributed by atoms with Crippen molar-refractivity contribution in [2.75, 3.05) is 6.61 Å². The van der Waals surface area contributed by atoms with Crippen molar-refractivity contribution in [1.29, 1.82) is 0 Å². The van der Waals surface area contributed by atoms with Crippen LogP contribution >= 0.6 is 0 Å². The predicted octanol–water partition coefficient (Wildman–Crippen LogP) is 4.17. The van der Waals surface area contributed by atoms with Gasteiger partial charge in [-0.25, -0.2) is 9.59 Å². The molecule has 0 unspecified atom stereocenters. The van der Waals surface area contributed by atoms with E-state index in [0.29, 0.717) is 0 Å². The maximum absolute atomic E-state index is 13.1. The molecule has 9 heteroatoms. The lowest BCUT2D eigenvalue weighted by atomic mass is 9.98. The Morgan fingerprint density at radius 2 is 1.38 bits per heavy atom. The van der Waals surface area contributed by atoms with Crippen molar-refractivity contribution >= 4 is 20.3 Å². The van der Waals surface area contributed by atoms with E-state index in [-0.39, 0.29) is 22.1 Å². The van der Waals surface area contributed by atoms with Crippen LogP contribution in [-0.2, 0) is 18.6 Å². The fourth-order valence-corrected chi connectivity index (χ4v) is 6.53. The van der Waals surface area contributed by atoms with Gasteiger partial charge in [0.2, 0.25) is 0 Å². The number of esters is 2. The molecule has 1 fully saturated rings. The van der Waals surface area contributed by atoms with Gasteiger partial charge in [-0.15, -0.1) is 0 Å². The quantitative estimate of drug-likeness (QED) is 0.367. The summed E-state index contributed by atoms with van der Waals surface area (Å²) in [6.07, 6.45) is -6.39. The third kappa shape index (κ3) is 6.48. The largest absolute Gasteiger partial charge is 0.452 e. The van der Waals surface area contributed by atoms with Crippen molar-refractivity contribution in [2.24, 2.45) is 5.92 Å². The summed E-state index contributed by atoms with van der Waals surface area (Å²) in [5.74, 6) is -1.11. The Labute approximate surface area is 219 Å². The van der Waals surface area contributed by atoms with Crippen LogP contribution in [0.15, 0.2) is 60.7 Å². The second kappa shape index (κ2) is 11.9. The minimum absolute atomic E-state index is 0.217. The summed E-state index contributed by atoms with van der Waals surface area (Å²) >= 11 is 0. The van der Waals surface area contributed by atoms with E-state index in [1.807, 2.05) is 13.1 Å². The lowest BCUT2D eigenvalue weighted by molar-refractivity contribution is -0.279. The van der Waals surface area contributed by atoms with E-state index in [1.54, 1.807) is 60.7 Å². The highest BCUT2D eigenvalue weighted by Crippen LogP contribution is 2.46. The number of aliphatic hydroxyl groups excluding tert-OH is 2. The van der Waals surface area contributed by atoms with Crippen molar-refractivity contribution in [3.63, 3.8) is 0 Å². The highest BCUT2D eigenvalue weighted by molar-refractivity contribution is 6.74. The second-order valence-corrected chi connectivity index (χ2v) is 15.2. The monoisotopic (exact) mass is 530 g/mol. The molecule has 2 aromatic carbocycles. The lowest BCUT2D eigenvalue weighted by Gasteiger charge is -2.49. The Morgan fingerprint density at radius 1 is 0.919 bits per heavy atom. The molecule has 0 aromatic heterocycles. The SMILES string of the molecule is CC(C)C(C)(C)[Si](C)(C)O[C@@H]1O[C@H](CO)[C@H](O)[C@H](OC(=O)c2ccccc2)[C@H]1OC(=O)c1ccccc1. The summed E-state index contributed by atoms with van der Waals surface area (Å²) < 4.78 is 24.1. The summed E-state index contributed by atoms with van der Waals surface area (Å²) in [5, 5.41) is 20.8. The third-order valence-corrected chi connectivity index (χ3v) is 12.2. The number of ether oxygens (including phenoxy) is 3. The van der Waals surface area contributed by atoms with Crippen LogP contribution in [0.5, 0.6) is 0 Å². The van der Waals surface area contributed by atoms with Crippen LogP contribution in [0.2, 0.25) is 18.1 Å². The number of carbonyl (C=O) groups excluding carboxylic acids is 2. The molecule has 1 heterocycles. The summed E-state index contributed by atoms with van der Waals surface area (Å²) in [6.45, 7) is 12.0. The maximum Gasteiger partial charge on any atom is 0.338 e. The van der Waals surface area contributed by atoms with E-state index in [0.717, 1.165) is 0 Å². The Kier molecular flexibility index (Phi) is 9.30. The highest BCUT2D eigenvalue weighted by Gasteiger charge is 2.54. The summed E-state index contributed by atoms with van der Waals surface area (Å²) in [4.78, 5) is 26.1. The van der Waals surface area contributed by atoms with Gasteiger partial charge in [-0.3, -0.25) is 0 Å². The first kappa shape index (κ1) is 29.0. The number of benzene rings is 2. The number of hydrogen-bond acceptors (Lipinski definition) is 8. The zero-order valence-corrected chi connectivity index (χ0v) is 23.3. The van der Waals surface area contributed by atoms with E-state index in [1.165, 1.54) is 0 Å². The fourth-order valence-electron chi connectivity index (χ4n) is 4.07. The summed E-state index contributed by atoms with van der Waals surface area (Å²) in [7, 11) is -2.57. The minimum Gasteiger partial charge on any atom is -0.452 e. The molecule has 5 atom stereocenters. The van der Waals surface area contributed by atoms with Crippen LogP contribution in [0.3, 0.4) is 0 Å². The van der Waals surface area contributed by atoms with E-state index in [2.05, 4.69) is 27.7 Å². The molecular weight excluding hydrogens is 492 g/mol. The Bertz CT molecular complexity index is 1040. The van der Waals surface area contributed by atoms with Gasteiger partial charge in [-0.05, 0) is 48.3 Å². The van der Waals surface area contributed by atoms with E-state index in [4.69, 9.17) is 18.6 Å². The van der Waals surface area contributed by atoms with Gasteiger partial charge >= 0.3 is 11.9 Å². The molecule has 2 N–H and O–H groups in total. The standard InChI is InChI=1S/C28H38O8Si/c1-18(2)28(3,4)37(5,6)36-27-24(35-26(32)20-15-11-8-12-16-20)23(22(30)21(17-29)33-27)34-25(31)19-13-9-7-10-14-19/h7-16,18,21-24,27,29-30H,17H2,1-6H3/t21-,22+,23+,24-,27+/m1/s1. The van der Waals surface area contributed by atoms with Crippen LogP contribution in [0.4, 0.5) is 0 Å². The third-order valence-electron chi connectivity index (χ3n) is 7.71. The number of carbonyl (C=O) groups is 2. The molecule has 3 rings (SSSR count). The van der Waals surface area contributed by atoms with Crippen molar-refractivity contribution in [1.82, 2.24) is 0 Å². The molecular formula is C28H38O8Si. The van der Waals surface area contributed by atoms with Gasteiger partial charge in [0.05, 0.1) is 17.7 Å². The van der Waals surface area contributed by atoms with Crippen LogP contribution in [-0.4, -0.2) is 67.8 Å². The number of rotatable bonds is 9. The second-order valence-electron chi connectivity index (χ2n) is 10.7. The van der Waals surface area contributed by atoms with Crippen LogP contribution in [0.1, 0.15) is 48.4 Å².